The molecule has 0 fully saturated rings. The number of anilines is 2. The fourth-order valence-corrected chi connectivity index (χ4v) is 2.93. The maximum absolute atomic E-state index is 4.69. The highest BCUT2D eigenvalue weighted by molar-refractivity contribution is 9.10. The third kappa shape index (κ3) is 4.82. The summed E-state index contributed by atoms with van der Waals surface area (Å²) in [6.07, 6.45) is 1.01. The summed E-state index contributed by atoms with van der Waals surface area (Å²) in [4.78, 5) is 9.34. The van der Waals surface area contributed by atoms with Crippen LogP contribution >= 0.6 is 15.9 Å². The second-order valence-corrected chi connectivity index (χ2v) is 7.08. The van der Waals surface area contributed by atoms with Crippen molar-refractivity contribution in [3.8, 4) is 11.3 Å². The van der Waals surface area contributed by atoms with Gasteiger partial charge < -0.3 is 10.6 Å². The summed E-state index contributed by atoms with van der Waals surface area (Å²) >= 11 is 3.59. The van der Waals surface area contributed by atoms with Crippen LogP contribution in [0, 0.1) is 0 Å². The molecule has 0 saturated carbocycles. The molecular formula is C21H23BrN4. The quantitative estimate of drug-likeness (QED) is 0.522. The third-order valence-corrected chi connectivity index (χ3v) is 4.97. The number of rotatable bonds is 7. The van der Waals surface area contributed by atoms with Gasteiger partial charge in [0.2, 0.25) is 5.95 Å². The molecule has 0 spiro atoms. The summed E-state index contributed by atoms with van der Waals surface area (Å²) in [7, 11) is 0. The molecule has 2 N–H and O–H groups in total. The topological polar surface area (TPSA) is 49.8 Å². The maximum atomic E-state index is 4.69. The lowest BCUT2D eigenvalue weighted by atomic mass is 10.1. The Morgan fingerprint density at radius 2 is 1.73 bits per heavy atom. The minimum absolute atomic E-state index is 0.317. The van der Waals surface area contributed by atoms with Gasteiger partial charge in [0.1, 0.15) is 5.82 Å². The normalized spacial score (nSPS) is 11.8. The molecule has 0 bridgehead atoms. The van der Waals surface area contributed by atoms with Crippen LogP contribution in [-0.2, 0) is 6.54 Å². The molecule has 1 atom stereocenters. The smallest absolute Gasteiger partial charge is 0.225 e. The van der Waals surface area contributed by atoms with Crippen molar-refractivity contribution >= 4 is 27.7 Å². The maximum Gasteiger partial charge on any atom is 0.225 e. The van der Waals surface area contributed by atoms with E-state index in [0.717, 1.165) is 28.0 Å². The third-order valence-electron chi connectivity index (χ3n) is 4.20. The number of benzene rings is 2. The monoisotopic (exact) mass is 410 g/mol. The lowest BCUT2D eigenvalue weighted by Gasteiger charge is -2.15. The predicted molar refractivity (Wildman–Crippen MR) is 112 cm³/mol. The molecule has 0 unspecified atom stereocenters. The van der Waals surface area contributed by atoms with Gasteiger partial charge in [-0.3, -0.25) is 0 Å². The van der Waals surface area contributed by atoms with Crippen LogP contribution < -0.4 is 10.6 Å². The first kappa shape index (κ1) is 18.4. The van der Waals surface area contributed by atoms with Crippen LogP contribution in [0.3, 0.4) is 0 Å². The van der Waals surface area contributed by atoms with Gasteiger partial charge in [-0.25, -0.2) is 4.98 Å². The van der Waals surface area contributed by atoms with E-state index in [-0.39, 0.29) is 0 Å². The molecule has 0 aliphatic heterocycles. The molecule has 5 heteroatoms. The molecule has 0 aliphatic carbocycles. The first-order chi connectivity index (χ1) is 12.7. The zero-order chi connectivity index (χ0) is 18.4. The van der Waals surface area contributed by atoms with Gasteiger partial charge in [0.05, 0.1) is 5.69 Å². The van der Waals surface area contributed by atoms with Crippen molar-refractivity contribution < 1.29 is 0 Å². The molecule has 3 rings (SSSR count). The average Bonchev–Trinajstić information content (AvgIpc) is 2.68. The van der Waals surface area contributed by atoms with Crippen LogP contribution in [0.1, 0.15) is 25.8 Å². The fraction of sp³-hybridized carbons (Fsp3) is 0.238. The Morgan fingerprint density at radius 3 is 2.46 bits per heavy atom. The van der Waals surface area contributed by atoms with Crippen molar-refractivity contribution in [3.63, 3.8) is 0 Å². The van der Waals surface area contributed by atoms with Crippen LogP contribution in [0.2, 0.25) is 0 Å². The molecule has 3 aromatic rings. The Bertz CT molecular complexity index is 852. The molecule has 0 radical (unpaired) electrons. The van der Waals surface area contributed by atoms with E-state index in [0.29, 0.717) is 18.5 Å². The standard InChI is InChI=1S/C21H23BrN4/c1-3-15(2)24-21-25-19(16-9-5-4-6-10-16)13-20(26-21)23-14-17-11-7-8-12-18(17)22/h4-13,15H,3,14H2,1-2H3,(H2,23,24,25,26)/t15-/m0/s1. The van der Waals surface area contributed by atoms with E-state index in [1.165, 1.54) is 5.56 Å². The largest absolute Gasteiger partial charge is 0.366 e. The minimum atomic E-state index is 0.317. The molecule has 4 nitrogen and oxygen atoms in total. The van der Waals surface area contributed by atoms with Crippen molar-refractivity contribution in [2.45, 2.75) is 32.9 Å². The van der Waals surface area contributed by atoms with Gasteiger partial charge in [-0.1, -0.05) is 71.4 Å². The second-order valence-electron chi connectivity index (χ2n) is 6.23. The number of nitrogens with one attached hydrogen (secondary N) is 2. The Balaban J connectivity index is 1.88. The molecule has 134 valence electrons. The summed E-state index contributed by atoms with van der Waals surface area (Å²) in [5.74, 6) is 1.45. The van der Waals surface area contributed by atoms with E-state index < -0.39 is 0 Å². The lowest BCUT2D eigenvalue weighted by Crippen LogP contribution is -2.16. The van der Waals surface area contributed by atoms with E-state index >= 15 is 0 Å². The van der Waals surface area contributed by atoms with E-state index in [1.54, 1.807) is 0 Å². The van der Waals surface area contributed by atoms with Gasteiger partial charge in [-0.2, -0.15) is 4.98 Å². The second kappa shape index (κ2) is 8.81. The molecule has 1 heterocycles. The Kier molecular flexibility index (Phi) is 6.23. The van der Waals surface area contributed by atoms with Crippen LogP contribution in [0.5, 0.6) is 0 Å². The van der Waals surface area contributed by atoms with Gasteiger partial charge in [-0.05, 0) is 25.0 Å². The SMILES string of the molecule is CC[C@H](C)Nc1nc(NCc2ccccc2Br)cc(-c2ccccc2)n1. The first-order valence-electron chi connectivity index (χ1n) is 8.84. The van der Waals surface area contributed by atoms with E-state index in [2.05, 4.69) is 63.6 Å². The average molecular weight is 411 g/mol. The Hall–Kier alpha value is -2.40. The number of hydrogen-bond donors (Lipinski definition) is 2. The van der Waals surface area contributed by atoms with Gasteiger partial charge in [0, 0.05) is 28.7 Å². The van der Waals surface area contributed by atoms with Crippen molar-refractivity contribution in [1.29, 1.82) is 0 Å². The molecule has 26 heavy (non-hydrogen) atoms. The zero-order valence-corrected chi connectivity index (χ0v) is 16.6. The van der Waals surface area contributed by atoms with E-state index in [4.69, 9.17) is 4.98 Å². The van der Waals surface area contributed by atoms with Crippen LogP contribution in [-0.4, -0.2) is 16.0 Å². The minimum Gasteiger partial charge on any atom is -0.366 e. The fourth-order valence-electron chi connectivity index (χ4n) is 2.51. The zero-order valence-electron chi connectivity index (χ0n) is 15.0. The highest BCUT2D eigenvalue weighted by Gasteiger charge is 2.09. The van der Waals surface area contributed by atoms with E-state index in [1.807, 2.05) is 42.5 Å². The highest BCUT2D eigenvalue weighted by atomic mass is 79.9. The summed E-state index contributed by atoms with van der Waals surface area (Å²) in [5, 5.41) is 6.80. The number of halogens is 1. The van der Waals surface area contributed by atoms with Gasteiger partial charge >= 0.3 is 0 Å². The van der Waals surface area contributed by atoms with Crippen LogP contribution in [0.15, 0.2) is 65.1 Å². The van der Waals surface area contributed by atoms with Gasteiger partial charge in [-0.15, -0.1) is 0 Å². The molecule has 1 aromatic heterocycles. The Labute approximate surface area is 163 Å². The van der Waals surface area contributed by atoms with Crippen LogP contribution in [0.25, 0.3) is 11.3 Å². The molecule has 0 amide bonds. The number of nitrogens with zero attached hydrogens (tertiary/aromatic N) is 2. The van der Waals surface area contributed by atoms with Crippen molar-refractivity contribution in [2.75, 3.05) is 10.6 Å². The van der Waals surface area contributed by atoms with Crippen LogP contribution in [0.4, 0.5) is 11.8 Å². The van der Waals surface area contributed by atoms with Gasteiger partial charge in [0.25, 0.3) is 0 Å². The van der Waals surface area contributed by atoms with Crippen molar-refractivity contribution in [3.05, 3.63) is 70.7 Å². The summed E-state index contributed by atoms with van der Waals surface area (Å²) in [5.41, 5.74) is 3.16. The summed E-state index contributed by atoms with van der Waals surface area (Å²) in [6.45, 7) is 4.97. The summed E-state index contributed by atoms with van der Waals surface area (Å²) in [6, 6.07) is 20.7. The van der Waals surface area contributed by atoms with Crippen molar-refractivity contribution in [2.24, 2.45) is 0 Å². The van der Waals surface area contributed by atoms with Gasteiger partial charge in [0.15, 0.2) is 0 Å². The number of aromatic nitrogens is 2. The first-order valence-corrected chi connectivity index (χ1v) is 9.63. The molecular weight excluding hydrogens is 388 g/mol. The highest BCUT2D eigenvalue weighted by Crippen LogP contribution is 2.23. The predicted octanol–water partition coefficient (Wildman–Crippen LogP) is 5.73. The lowest BCUT2D eigenvalue weighted by molar-refractivity contribution is 0.753. The van der Waals surface area contributed by atoms with Crippen molar-refractivity contribution in [1.82, 2.24) is 9.97 Å². The molecule has 0 aliphatic rings. The summed E-state index contributed by atoms with van der Waals surface area (Å²) < 4.78 is 1.09. The Morgan fingerprint density at radius 1 is 1.00 bits per heavy atom. The molecule has 2 aromatic carbocycles. The molecule has 0 saturated heterocycles. The number of hydrogen-bond acceptors (Lipinski definition) is 4. The van der Waals surface area contributed by atoms with E-state index in [9.17, 15) is 0 Å².